The summed E-state index contributed by atoms with van der Waals surface area (Å²) in [4.78, 5) is 26.4. The van der Waals surface area contributed by atoms with Gasteiger partial charge in [-0.25, -0.2) is 4.79 Å². The lowest BCUT2D eigenvalue weighted by molar-refractivity contribution is -0.126. The summed E-state index contributed by atoms with van der Waals surface area (Å²) < 4.78 is 5.42. The molecule has 1 aliphatic carbocycles. The molecule has 0 aromatic heterocycles. The fourth-order valence-corrected chi connectivity index (χ4v) is 3.22. The average molecular weight is 322 g/mol. The summed E-state index contributed by atoms with van der Waals surface area (Å²) in [6.07, 6.45) is 7.47. The van der Waals surface area contributed by atoms with Gasteiger partial charge in [0.05, 0.1) is 0 Å². The Balaban J connectivity index is 1.91. The molecule has 2 atom stereocenters. The van der Waals surface area contributed by atoms with Crippen molar-refractivity contribution < 1.29 is 14.3 Å². The highest BCUT2D eigenvalue weighted by atomic mass is 16.6. The van der Waals surface area contributed by atoms with Gasteiger partial charge in [-0.15, -0.1) is 0 Å². The van der Waals surface area contributed by atoms with Gasteiger partial charge in [0.25, 0.3) is 0 Å². The van der Waals surface area contributed by atoms with Crippen molar-refractivity contribution in [2.24, 2.45) is 0 Å². The molecule has 0 saturated carbocycles. The molecule has 2 rings (SSSR count). The van der Waals surface area contributed by atoms with E-state index in [4.69, 9.17) is 4.74 Å². The topological polar surface area (TPSA) is 58.6 Å². The Hall–Kier alpha value is -1.52. The zero-order valence-electron chi connectivity index (χ0n) is 14.9. The summed E-state index contributed by atoms with van der Waals surface area (Å²) in [5, 5.41) is 3.12. The van der Waals surface area contributed by atoms with E-state index in [9.17, 15) is 9.59 Å². The van der Waals surface area contributed by atoms with E-state index in [2.05, 4.69) is 18.3 Å². The molecular weight excluding hydrogens is 292 g/mol. The van der Waals surface area contributed by atoms with E-state index in [1.54, 1.807) is 4.90 Å². The first-order valence-electron chi connectivity index (χ1n) is 8.78. The standard InChI is InChI=1S/C18H30N2O3/c1-5-13-8-10-14(11-9-13)19-16(21)15-7-6-12-20(15)17(22)23-18(2,3)4/h8,14-15H,5-7,9-12H2,1-4H3,(H,19,21). The molecule has 130 valence electrons. The number of rotatable bonds is 3. The van der Waals surface area contributed by atoms with Crippen LogP contribution >= 0.6 is 0 Å². The Morgan fingerprint density at radius 1 is 1.35 bits per heavy atom. The van der Waals surface area contributed by atoms with Crippen molar-refractivity contribution in [3.63, 3.8) is 0 Å². The van der Waals surface area contributed by atoms with Crippen LogP contribution in [0.3, 0.4) is 0 Å². The third kappa shape index (κ3) is 4.98. The molecule has 1 heterocycles. The van der Waals surface area contributed by atoms with E-state index in [-0.39, 0.29) is 24.1 Å². The molecular formula is C18H30N2O3. The largest absolute Gasteiger partial charge is 0.444 e. The highest BCUT2D eigenvalue weighted by Crippen LogP contribution is 2.23. The van der Waals surface area contributed by atoms with Gasteiger partial charge >= 0.3 is 6.09 Å². The Morgan fingerprint density at radius 3 is 2.65 bits per heavy atom. The van der Waals surface area contributed by atoms with Gasteiger partial charge in [0.1, 0.15) is 11.6 Å². The van der Waals surface area contributed by atoms with E-state index in [0.717, 1.165) is 32.1 Å². The third-order valence-electron chi connectivity index (χ3n) is 4.49. The maximum Gasteiger partial charge on any atom is 0.410 e. The molecule has 0 aromatic rings. The number of hydrogen-bond donors (Lipinski definition) is 1. The SMILES string of the molecule is CCC1=CCC(NC(=O)C2CCCN2C(=O)OC(C)(C)C)CC1. The molecule has 0 bridgehead atoms. The third-order valence-corrected chi connectivity index (χ3v) is 4.49. The van der Waals surface area contributed by atoms with Crippen molar-refractivity contribution in [1.29, 1.82) is 0 Å². The highest BCUT2D eigenvalue weighted by molar-refractivity contribution is 5.86. The Labute approximate surface area is 139 Å². The molecule has 0 aromatic carbocycles. The molecule has 1 fully saturated rings. The average Bonchev–Trinajstić information content (AvgIpc) is 2.96. The minimum absolute atomic E-state index is 0.0355. The van der Waals surface area contributed by atoms with E-state index >= 15 is 0 Å². The monoisotopic (exact) mass is 322 g/mol. The molecule has 0 spiro atoms. The van der Waals surface area contributed by atoms with Crippen molar-refractivity contribution in [1.82, 2.24) is 10.2 Å². The molecule has 1 saturated heterocycles. The van der Waals surface area contributed by atoms with Crippen LogP contribution in [0.5, 0.6) is 0 Å². The Bertz CT molecular complexity index is 479. The first kappa shape index (κ1) is 17.8. The molecule has 0 radical (unpaired) electrons. The van der Waals surface area contributed by atoms with Crippen molar-refractivity contribution in [3.05, 3.63) is 11.6 Å². The van der Waals surface area contributed by atoms with Crippen molar-refractivity contribution in [2.75, 3.05) is 6.54 Å². The number of amides is 2. The number of nitrogens with one attached hydrogen (secondary N) is 1. The van der Waals surface area contributed by atoms with Crippen LogP contribution in [0.4, 0.5) is 4.79 Å². The fourth-order valence-electron chi connectivity index (χ4n) is 3.22. The second-order valence-corrected chi connectivity index (χ2v) is 7.53. The van der Waals surface area contributed by atoms with E-state index in [1.165, 1.54) is 5.57 Å². The van der Waals surface area contributed by atoms with Crippen LogP contribution in [0.2, 0.25) is 0 Å². The minimum Gasteiger partial charge on any atom is -0.444 e. The summed E-state index contributed by atoms with van der Waals surface area (Å²) in [5.74, 6) is -0.0355. The molecule has 1 aliphatic heterocycles. The van der Waals surface area contributed by atoms with Crippen LogP contribution in [0.25, 0.3) is 0 Å². The lowest BCUT2D eigenvalue weighted by Crippen LogP contribution is -2.50. The van der Waals surface area contributed by atoms with Crippen LogP contribution < -0.4 is 5.32 Å². The summed E-state index contributed by atoms with van der Waals surface area (Å²) >= 11 is 0. The van der Waals surface area contributed by atoms with Crippen LogP contribution in [0.1, 0.15) is 66.2 Å². The minimum atomic E-state index is -0.536. The van der Waals surface area contributed by atoms with Crippen LogP contribution in [-0.2, 0) is 9.53 Å². The molecule has 2 aliphatic rings. The van der Waals surface area contributed by atoms with Gasteiger partial charge in [0.15, 0.2) is 0 Å². The fraction of sp³-hybridized carbons (Fsp3) is 0.778. The van der Waals surface area contributed by atoms with Crippen molar-refractivity contribution >= 4 is 12.0 Å². The molecule has 5 nitrogen and oxygen atoms in total. The molecule has 2 amide bonds. The molecule has 5 heteroatoms. The zero-order chi connectivity index (χ0) is 17.0. The van der Waals surface area contributed by atoms with E-state index in [0.29, 0.717) is 13.0 Å². The predicted octanol–water partition coefficient (Wildman–Crippen LogP) is 3.39. The number of ether oxygens (including phenoxy) is 1. The number of likely N-dealkylation sites (tertiary alicyclic amines) is 1. The first-order chi connectivity index (χ1) is 10.8. The summed E-state index contributed by atoms with van der Waals surface area (Å²) in [5.41, 5.74) is 0.942. The van der Waals surface area contributed by atoms with Gasteiger partial charge in [0, 0.05) is 12.6 Å². The Morgan fingerprint density at radius 2 is 2.09 bits per heavy atom. The number of hydrogen-bond acceptors (Lipinski definition) is 3. The summed E-state index contributed by atoms with van der Waals surface area (Å²) in [7, 11) is 0. The molecule has 1 N–H and O–H groups in total. The molecule has 2 unspecified atom stereocenters. The number of allylic oxidation sites excluding steroid dienone is 1. The zero-order valence-corrected chi connectivity index (χ0v) is 14.9. The quantitative estimate of drug-likeness (QED) is 0.810. The number of carbonyl (C=O) groups excluding carboxylic acids is 2. The summed E-state index contributed by atoms with van der Waals surface area (Å²) in [6.45, 7) is 8.29. The van der Waals surface area contributed by atoms with Crippen molar-refractivity contribution in [2.45, 2.75) is 83.9 Å². The lowest BCUT2D eigenvalue weighted by Gasteiger charge is -2.30. The van der Waals surface area contributed by atoms with Crippen molar-refractivity contribution in [3.8, 4) is 0 Å². The lowest BCUT2D eigenvalue weighted by atomic mass is 9.93. The normalized spacial score (nSPS) is 25.0. The van der Waals surface area contributed by atoms with Gasteiger partial charge in [-0.05, 0) is 59.3 Å². The predicted molar refractivity (Wildman–Crippen MR) is 90.1 cm³/mol. The Kier molecular flexibility index (Phi) is 5.71. The van der Waals surface area contributed by atoms with Gasteiger partial charge in [-0.1, -0.05) is 18.6 Å². The van der Waals surface area contributed by atoms with Gasteiger partial charge < -0.3 is 10.1 Å². The maximum atomic E-state index is 12.6. The maximum absolute atomic E-state index is 12.6. The van der Waals surface area contributed by atoms with Crippen LogP contribution in [0, 0.1) is 0 Å². The van der Waals surface area contributed by atoms with Gasteiger partial charge in [0.2, 0.25) is 5.91 Å². The van der Waals surface area contributed by atoms with Crippen LogP contribution in [-0.4, -0.2) is 41.1 Å². The van der Waals surface area contributed by atoms with Gasteiger partial charge in [-0.2, -0.15) is 0 Å². The van der Waals surface area contributed by atoms with Crippen LogP contribution in [0.15, 0.2) is 11.6 Å². The van der Waals surface area contributed by atoms with E-state index in [1.807, 2.05) is 20.8 Å². The second-order valence-electron chi connectivity index (χ2n) is 7.53. The highest BCUT2D eigenvalue weighted by Gasteiger charge is 2.37. The molecule has 23 heavy (non-hydrogen) atoms. The van der Waals surface area contributed by atoms with E-state index < -0.39 is 5.60 Å². The smallest absolute Gasteiger partial charge is 0.410 e. The summed E-state index contributed by atoms with van der Waals surface area (Å²) in [6, 6.07) is -0.194. The second kappa shape index (κ2) is 7.37. The number of nitrogens with zero attached hydrogens (tertiary/aromatic N) is 1. The van der Waals surface area contributed by atoms with Gasteiger partial charge in [-0.3, -0.25) is 9.69 Å². The number of carbonyl (C=O) groups is 2. The first-order valence-corrected chi connectivity index (χ1v) is 8.78.